The average Bonchev–Trinajstić information content (AvgIpc) is 2.52. The van der Waals surface area contributed by atoms with E-state index in [1.165, 1.54) is 0 Å². The van der Waals surface area contributed by atoms with Crippen LogP contribution in [-0.4, -0.2) is 19.1 Å². The number of benzene rings is 2. The molecule has 0 aliphatic carbocycles. The number of hydrogen-bond donors (Lipinski definition) is 2. The number of halogens is 1. The average molecular weight is 319 g/mol. The van der Waals surface area contributed by atoms with Gasteiger partial charge < -0.3 is 15.4 Å². The molecule has 0 aromatic heterocycles. The molecule has 2 N–H and O–H groups in total. The third-order valence-electron chi connectivity index (χ3n) is 3.39. The van der Waals surface area contributed by atoms with Crippen molar-refractivity contribution in [3.05, 3.63) is 53.1 Å². The lowest BCUT2D eigenvalue weighted by Crippen LogP contribution is -2.32. The van der Waals surface area contributed by atoms with Crippen LogP contribution in [0.15, 0.2) is 42.5 Å². The zero-order valence-corrected chi connectivity index (χ0v) is 13.6. The molecular weight excluding hydrogens is 300 g/mol. The molecular formula is C17H19ClN2O2. The van der Waals surface area contributed by atoms with Crippen LogP contribution < -0.4 is 15.4 Å². The monoisotopic (exact) mass is 318 g/mol. The normalized spacial score (nSPS) is 11.6. The molecule has 0 radical (unpaired) electrons. The predicted molar refractivity (Wildman–Crippen MR) is 90.9 cm³/mol. The summed E-state index contributed by atoms with van der Waals surface area (Å²) in [6.45, 7) is 3.72. The highest BCUT2D eigenvalue weighted by Gasteiger charge is 2.14. The fourth-order valence-electron chi connectivity index (χ4n) is 1.99. The summed E-state index contributed by atoms with van der Waals surface area (Å²) in [5.41, 5.74) is 2.50. The fraction of sp³-hybridized carbons (Fsp3) is 0.235. The van der Waals surface area contributed by atoms with E-state index >= 15 is 0 Å². The van der Waals surface area contributed by atoms with E-state index in [9.17, 15) is 4.79 Å². The Balaban J connectivity index is 2.01. The molecule has 5 heteroatoms. The lowest BCUT2D eigenvalue weighted by molar-refractivity contribution is -0.116. The van der Waals surface area contributed by atoms with Crippen LogP contribution in [0, 0.1) is 6.92 Å². The van der Waals surface area contributed by atoms with E-state index in [-0.39, 0.29) is 11.9 Å². The SMILES string of the molecule is COc1ccc(NC(=O)C(C)Nc2cccc(Cl)c2C)cc1. The maximum absolute atomic E-state index is 12.2. The summed E-state index contributed by atoms with van der Waals surface area (Å²) in [5.74, 6) is 0.628. The van der Waals surface area contributed by atoms with Crippen molar-refractivity contribution in [2.75, 3.05) is 17.7 Å². The number of methoxy groups -OCH3 is 1. The molecule has 1 unspecified atom stereocenters. The number of rotatable bonds is 5. The van der Waals surface area contributed by atoms with E-state index in [0.717, 1.165) is 22.7 Å². The number of carbonyl (C=O) groups is 1. The topological polar surface area (TPSA) is 50.4 Å². The van der Waals surface area contributed by atoms with Crippen molar-refractivity contribution in [1.29, 1.82) is 0 Å². The highest BCUT2D eigenvalue weighted by atomic mass is 35.5. The van der Waals surface area contributed by atoms with Gasteiger partial charge in [0.25, 0.3) is 0 Å². The van der Waals surface area contributed by atoms with Gasteiger partial charge in [-0.15, -0.1) is 0 Å². The minimum Gasteiger partial charge on any atom is -0.497 e. The van der Waals surface area contributed by atoms with Crippen molar-refractivity contribution in [3.63, 3.8) is 0 Å². The minimum atomic E-state index is -0.390. The maximum Gasteiger partial charge on any atom is 0.246 e. The van der Waals surface area contributed by atoms with E-state index < -0.39 is 0 Å². The summed E-state index contributed by atoms with van der Waals surface area (Å²) in [7, 11) is 1.60. The smallest absolute Gasteiger partial charge is 0.246 e. The predicted octanol–water partition coefficient (Wildman–Crippen LogP) is 4.10. The standard InChI is InChI=1S/C17H19ClN2O2/c1-11-15(18)5-4-6-16(11)19-12(2)17(21)20-13-7-9-14(22-3)10-8-13/h4-10,12,19H,1-3H3,(H,20,21). The molecule has 116 valence electrons. The summed E-state index contributed by atoms with van der Waals surface area (Å²) in [5, 5.41) is 6.70. The second-order valence-electron chi connectivity index (χ2n) is 5.00. The summed E-state index contributed by atoms with van der Waals surface area (Å²) in [6, 6.07) is 12.4. The van der Waals surface area contributed by atoms with Crippen molar-refractivity contribution in [3.8, 4) is 5.75 Å². The summed E-state index contributed by atoms with van der Waals surface area (Å²) < 4.78 is 5.09. The lowest BCUT2D eigenvalue weighted by atomic mass is 10.1. The molecule has 2 aromatic carbocycles. The molecule has 0 saturated carbocycles. The van der Waals surface area contributed by atoms with Gasteiger partial charge in [-0.05, 0) is 55.8 Å². The molecule has 0 heterocycles. The second-order valence-corrected chi connectivity index (χ2v) is 5.40. The van der Waals surface area contributed by atoms with Crippen LogP contribution in [0.5, 0.6) is 5.75 Å². The third kappa shape index (κ3) is 3.92. The first-order chi connectivity index (χ1) is 10.5. The first-order valence-corrected chi connectivity index (χ1v) is 7.35. The van der Waals surface area contributed by atoms with Crippen molar-refractivity contribution in [2.24, 2.45) is 0 Å². The first-order valence-electron chi connectivity index (χ1n) is 6.98. The number of ether oxygens (including phenoxy) is 1. The molecule has 2 aromatic rings. The largest absolute Gasteiger partial charge is 0.497 e. The number of carbonyl (C=O) groups excluding carboxylic acids is 1. The zero-order chi connectivity index (χ0) is 16.1. The van der Waals surface area contributed by atoms with Crippen LogP contribution >= 0.6 is 11.6 Å². The second kappa shape index (κ2) is 7.18. The zero-order valence-electron chi connectivity index (χ0n) is 12.8. The quantitative estimate of drug-likeness (QED) is 0.872. The van der Waals surface area contributed by atoms with Gasteiger partial charge in [-0.3, -0.25) is 4.79 Å². The van der Waals surface area contributed by atoms with Crippen molar-refractivity contribution in [1.82, 2.24) is 0 Å². The lowest BCUT2D eigenvalue weighted by Gasteiger charge is -2.17. The van der Waals surface area contributed by atoms with Crippen LogP contribution in [0.4, 0.5) is 11.4 Å². The van der Waals surface area contributed by atoms with Gasteiger partial charge in [0, 0.05) is 16.4 Å². The van der Waals surface area contributed by atoms with E-state index in [2.05, 4.69) is 10.6 Å². The highest BCUT2D eigenvalue weighted by Crippen LogP contribution is 2.23. The van der Waals surface area contributed by atoms with Crippen molar-refractivity contribution < 1.29 is 9.53 Å². The van der Waals surface area contributed by atoms with Gasteiger partial charge in [-0.25, -0.2) is 0 Å². The molecule has 1 amide bonds. The van der Waals surface area contributed by atoms with Crippen LogP contribution in [-0.2, 0) is 4.79 Å². The van der Waals surface area contributed by atoms with Crippen LogP contribution in [0.3, 0.4) is 0 Å². The fourth-order valence-corrected chi connectivity index (χ4v) is 2.16. The number of nitrogens with one attached hydrogen (secondary N) is 2. The molecule has 0 spiro atoms. The summed E-state index contributed by atoms with van der Waals surface area (Å²) in [6.07, 6.45) is 0. The Morgan fingerprint density at radius 3 is 2.50 bits per heavy atom. The molecule has 0 aliphatic heterocycles. The van der Waals surface area contributed by atoms with Crippen molar-refractivity contribution in [2.45, 2.75) is 19.9 Å². The Morgan fingerprint density at radius 1 is 1.18 bits per heavy atom. The molecule has 4 nitrogen and oxygen atoms in total. The minimum absolute atomic E-state index is 0.121. The van der Waals surface area contributed by atoms with Crippen molar-refractivity contribution >= 4 is 28.9 Å². The van der Waals surface area contributed by atoms with E-state index in [0.29, 0.717) is 5.02 Å². The molecule has 0 aliphatic rings. The third-order valence-corrected chi connectivity index (χ3v) is 3.80. The Morgan fingerprint density at radius 2 is 1.86 bits per heavy atom. The van der Waals surface area contributed by atoms with Gasteiger partial charge in [-0.2, -0.15) is 0 Å². The number of amides is 1. The van der Waals surface area contributed by atoms with Gasteiger partial charge in [0.2, 0.25) is 5.91 Å². The Labute approximate surface area is 135 Å². The molecule has 1 atom stereocenters. The van der Waals surface area contributed by atoms with Crippen LogP contribution in [0.25, 0.3) is 0 Å². The maximum atomic E-state index is 12.2. The molecule has 0 bridgehead atoms. The van der Waals surface area contributed by atoms with Crippen LogP contribution in [0.2, 0.25) is 5.02 Å². The molecule has 22 heavy (non-hydrogen) atoms. The van der Waals surface area contributed by atoms with Gasteiger partial charge in [0.15, 0.2) is 0 Å². The Bertz CT molecular complexity index is 656. The number of hydrogen-bond acceptors (Lipinski definition) is 3. The highest BCUT2D eigenvalue weighted by molar-refractivity contribution is 6.31. The molecule has 2 rings (SSSR count). The van der Waals surface area contributed by atoms with Gasteiger partial charge in [0.1, 0.15) is 11.8 Å². The Hall–Kier alpha value is -2.20. The van der Waals surface area contributed by atoms with E-state index in [4.69, 9.17) is 16.3 Å². The molecule has 0 saturated heterocycles. The van der Waals surface area contributed by atoms with Crippen LogP contribution in [0.1, 0.15) is 12.5 Å². The van der Waals surface area contributed by atoms with E-state index in [1.54, 1.807) is 38.3 Å². The van der Waals surface area contributed by atoms with Gasteiger partial charge in [-0.1, -0.05) is 17.7 Å². The number of anilines is 2. The first kappa shape index (κ1) is 16.2. The van der Waals surface area contributed by atoms with Gasteiger partial charge in [0.05, 0.1) is 7.11 Å². The Kier molecular flexibility index (Phi) is 5.28. The van der Waals surface area contributed by atoms with E-state index in [1.807, 2.05) is 25.1 Å². The summed E-state index contributed by atoms with van der Waals surface area (Å²) in [4.78, 5) is 12.2. The van der Waals surface area contributed by atoms with Gasteiger partial charge >= 0.3 is 0 Å². The molecule has 0 fully saturated rings. The summed E-state index contributed by atoms with van der Waals surface area (Å²) >= 11 is 6.08.